The molecule has 118 valence electrons. The molecule has 0 radical (unpaired) electrons. The lowest BCUT2D eigenvalue weighted by Crippen LogP contribution is -2.35. The van der Waals surface area contributed by atoms with Gasteiger partial charge in [0.2, 0.25) is 0 Å². The van der Waals surface area contributed by atoms with Gasteiger partial charge in [0.1, 0.15) is 5.82 Å². The lowest BCUT2D eigenvalue weighted by molar-refractivity contribution is 0.263. The second-order valence-corrected chi connectivity index (χ2v) is 8.27. The predicted molar refractivity (Wildman–Crippen MR) is 88.4 cm³/mol. The van der Waals surface area contributed by atoms with Crippen molar-refractivity contribution >= 4 is 5.82 Å². The maximum absolute atomic E-state index is 4.78. The SMILES string of the molecule is CC(C)(C)NCc1cncc(N2CCC(C(C)(C)C)C2)n1. The number of aromatic nitrogens is 2. The van der Waals surface area contributed by atoms with Crippen molar-refractivity contribution in [3.63, 3.8) is 0 Å². The van der Waals surface area contributed by atoms with Crippen molar-refractivity contribution in [3.05, 3.63) is 18.1 Å². The Morgan fingerprint density at radius 2 is 1.90 bits per heavy atom. The van der Waals surface area contributed by atoms with E-state index in [2.05, 4.69) is 56.7 Å². The lowest BCUT2D eigenvalue weighted by Gasteiger charge is -2.27. The molecule has 0 amide bonds. The van der Waals surface area contributed by atoms with Gasteiger partial charge in [-0.25, -0.2) is 4.98 Å². The van der Waals surface area contributed by atoms with E-state index in [4.69, 9.17) is 4.98 Å². The van der Waals surface area contributed by atoms with Gasteiger partial charge in [0.05, 0.1) is 11.9 Å². The highest BCUT2D eigenvalue weighted by molar-refractivity contribution is 5.38. The first-order valence-corrected chi connectivity index (χ1v) is 7.96. The molecule has 1 aliphatic heterocycles. The summed E-state index contributed by atoms with van der Waals surface area (Å²) in [5, 5.41) is 3.47. The molecule has 1 unspecified atom stereocenters. The minimum atomic E-state index is 0.0999. The predicted octanol–water partition coefficient (Wildman–Crippen LogP) is 3.24. The number of anilines is 1. The fourth-order valence-corrected chi connectivity index (χ4v) is 2.66. The molecule has 2 rings (SSSR count). The molecule has 1 aromatic rings. The number of hydrogen-bond donors (Lipinski definition) is 1. The normalized spacial score (nSPS) is 20.1. The van der Waals surface area contributed by atoms with Crippen LogP contribution < -0.4 is 10.2 Å². The first-order valence-electron chi connectivity index (χ1n) is 7.96. The van der Waals surface area contributed by atoms with Crippen LogP contribution in [0.2, 0.25) is 0 Å². The van der Waals surface area contributed by atoms with Gasteiger partial charge in [0, 0.05) is 31.4 Å². The van der Waals surface area contributed by atoms with Crippen molar-refractivity contribution in [1.82, 2.24) is 15.3 Å². The van der Waals surface area contributed by atoms with E-state index in [0.717, 1.165) is 37.1 Å². The van der Waals surface area contributed by atoms with Crippen molar-refractivity contribution in [2.45, 2.75) is 60.0 Å². The summed E-state index contributed by atoms with van der Waals surface area (Å²) in [7, 11) is 0. The van der Waals surface area contributed by atoms with Gasteiger partial charge in [0.15, 0.2) is 0 Å². The van der Waals surface area contributed by atoms with Gasteiger partial charge in [-0.15, -0.1) is 0 Å². The van der Waals surface area contributed by atoms with Gasteiger partial charge in [-0.1, -0.05) is 20.8 Å². The van der Waals surface area contributed by atoms with Crippen LogP contribution in [0.25, 0.3) is 0 Å². The van der Waals surface area contributed by atoms with Gasteiger partial charge in [-0.05, 0) is 38.5 Å². The van der Waals surface area contributed by atoms with Crippen LogP contribution >= 0.6 is 0 Å². The molecular weight excluding hydrogens is 260 g/mol. The largest absolute Gasteiger partial charge is 0.355 e. The average molecular weight is 290 g/mol. The highest BCUT2D eigenvalue weighted by atomic mass is 15.2. The smallest absolute Gasteiger partial charge is 0.147 e. The van der Waals surface area contributed by atoms with Gasteiger partial charge < -0.3 is 10.2 Å². The maximum atomic E-state index is 4.78. The molecule has 0 saturated carbocycles. The molecule has 1 N–H and O–H groups in total. The van der Waals surface area contributed by atoms with E-state index in [1.807, 2.05) is 12.4 Å². The first kappa shape index (κ1) is 16.2. The van der Waals surface area contributed by atoms with Crippen LogP contribution in [0.1, 0.15) is 53.7 Å². The number of hydrogen-bond acceptors (Lipinski definition) is 4. The van der Waals surface area contributed by atoms with Gasteiger partial charge in [-0.3, -0.25) is 4.98 Å². The van der Waals surface area contributed by atoms with Crippen LogP contribution in [0.5, 0.6) is 0 Å². The summed E-state index contributed by atoms with van der Waals surface area (Å²) in [5.41, 5.74) is 1.48. The quantitative estimate of drug-likeness (QED) is 0.928. The fraction of sp³-hybridized carbons (Fsp3) is 0.765. The highest BCUT2D eigenvalue weighted by Crippen LogP contribution is 2.34. The summed E-state index contributed by atoms with van der Waals surface area (Å²) in [6.45, 7) is 16.4. The van der Waals surface area contributed by atoms with Gasteiger partial charge in [-0.2, -0.15) is 0 Å². The second-order valence-electron chi connectivity index (χ2n) is 8.27. The molecule has 21 heavy (non-hydrogen) atoms. The van der Waals surface area contributed by atoms with Crippen LogP contribution in [0, 0.1) is 11.3 Å². The molecule has 1 aliphatic rings. The Bertz CT molecular complexity index is 470. The fourth-order valence-electron chi connectivity index (χ4n) is 2.66. The Morgan fingerprint density at radius 3 is 2.48 bits per heavy atom. The van der Waals surface area contributed by atoms with Crippen molar-refractivity contribution in [2.24, 2.45) is 11.3 Å². The number of nitrogens with one attached hydrogen (secondary N) is 1. The first-order chi connectivity index (χ1) is 9.65. The third-order valence-electron chi connectivity index (χ3n) is 4.21. The van der Waals surface area contributed by atoms with Crippen LogP contribution in [0.4, 0.5) is 5.82 Å². The van der Waals surface area contributed by atoms with E-state index in [9.17, 15) is 0 Å². The molecule has 4 nitrogen and oxygen atoms in total. The van der Waals surface area contributed by atoms with E-state index in [1.54, 1.807) is 0 Å². The highest BCUT2D eigenvalue weighted by Gasteiger charge is 2.32. The van der Waals surface area contributed by atoms with Crippen molar-refractivity contribution in [1.29, 1.82) is 0 Å². The topological polar surface area (TPSA) is 41.1 Å². The van der Waals surface area contributed by atoms with E-state index in [0.29, 0.717) is 5.41 Å². The molecule has 4 heteroatoms. The molecule has 1 saturated heterocycles. The van der Waals surface area contributed by atoms with Gasteiger partial charge in [0.25, 0.3) is 0 Å². The van der Waals surface area contributed by atoms with Crippen molar-refractivity contribution in [3.8, 4) is 0 Å². The zero-order chi connectivity index (χ0) is 15.7. The second kappa shape index (κ2) is 5.91. The summed E-state index contributed by atoms with van der Waals surface area (Å²) in [6.07, 6.45) is 5.00. The van der Waals surface area contributed by atoms with Gasteiger partial charge >= 0.3 is 0 Å². The monoisotopic (exact) mass is 290 g/mol. The maximum Gasteiger partial charge on any atom is 0.147 e. The molecule has 1 fully saturated rings. The zero-order valence-electron chi connectivity index (χ0n) is 14.4. The molecule has 0 aromatic carbocycles. The Balaban J connectivity index is 2.02. The zero-order valence-corrected chi connectivity index (χ0v) is 14.4. The number of nitrogens with zero attached hydrogens (tertiary/aromatic N) is 3. The molecule has 1 atom stereocenters. The minimum absolute atomic E-state index is 0.0999. The van der Waals surface area contributed by atoms with Crippen LogP contribution in [-0.2, 0) is 6.54 Å². The third-order valence-corrected chi connectivity index (χ3v) is 4.21. The molecule has 0 bridgehead atoms. The molecular formula is C17H30N4. The summed E-state index contributed by atoms with van der Waals surface area (Å²) in [5.74, 6) is 1.76. The van der Waals surface area contributed by atoms with E-state index < -0.39 is 0 Å². The lowest BCUT2D eigenvalue weighted by atomic mass is 9.80. The summed E-state index contributed by atoms with van der Waals surface area (Å²) < 4.78 is 0. The van der Waals surface area contributed by atoms with Crippen molar-refractivity contribution in [2.75, 3.05) is 18.0 Å². The van der Waals surface area contributed by atoms with Crippen LogP contribution in [0.3, 0.4) is 0 Å². The van der Waals surface area contributed by atoms with Crippen molar-refractivity contribution < 1.29 is 0 Å². The third kappa shape index (κ3) is 4.67. The Morgan fingerprint density at radius 1 is 1.19 bits per heavy atom. The molecule has 0 aliphatic carbocycles. The van der Waals surface area contributed by atoms with Crippen LogP contribution in [-0.4, -0.2) is 28.6 Å². The number of rotatable bonds is 3. The summed E-state index contributed by atoms with van der Waals surface area (Å²) >= 11 is 0. The standard InChI is InChI=1S/C17H30N4/c1-16(2,3)13-7-8-21(12-13)15-11-18-9-14(20-15)10-19-17(4,5)6/h9,11,13,19H,7-8,10,12H2,1-6H3. The van der Waals surface area contributed by atoms with E-state index in [1.165, 1.54) is 6.42 Å². The van der Waals surface area contributed by atoms with E-state index >= 15 is 0 Å². The summed E-state index contributed by atoms with van der Waals surface area (Å²) in [4.78, 5) is 11.5. The summed E-state index contributed by atoms with van der Waals surface area (Å²) in [6, 6.07) is 0. The van der Waals surface area contributed by atoms with E-state index in [-0.39, 0.29) is 5.54 Å². The van der Waals surface area contributed by atoms with Crippen LogP contribution in [0.15, 0.2) is 12.4 Å². The Kier molecular flexibility index (Phi) is 4.57. The minimum Gasteiger partial charge on any atom is -0.355 e. The Labute approximate surface area is 129 Å². The molecule has 2 heterocycles. The Hall–Kier alpha value is -1.16. The average Bonchev–Trinajstić information content (AvgIpc) is 2.85. The molecule has 1 aromatic heterocycles. The molecule has 0 spiro atoms.